The van der Waals surface area contributed by atoms with Crippen molar-refractivity contribution in [2.75, 3.05) is 128 Å². The number of likely N-dealkylation sites (tertiary alicyclic amines) is 4. The summed E-state index contributed by atoms with van der Waals surface area (Å²) in [5, 5.41) is 38.4. The van der Waals surface area contributed by atoms with E-state index in [-0.39, 0.29) is 23.9 Å². The van der Waals surface area contributed by atoms with Crippen molar-refractivity contribution in [2.24, 2.45) is 21.7 Å². The van der Waals surface area contributed by atoms with Crippen molar-refractivity contribution >= 4 is 46.2 Å². The summed E-state index contributed by atoms with van der Waals surface area (Å²) in [6.45, 7) is 20.0. The van der Waals surface area contributed by atoms with E-state index in [1.165, 1.54) is 50.2 Å². The monoisotopic (exact) mass is 1830 g/mol. The number of ether oxygens (including phenoxy) is 11. The molecule has 23 nitrogen and oxygen atoms in total. The minimum atomic E-state index is -0.942. The number of rotatable bonds is 21. The van der Waals surface area contributed by atoms with Crippen LogP contribution in [-0.2, 0) is 45.6 Å². The van der Waals surface area contributed by atoms with Gasteiger partial charge in [0.25, 0.3) is 0 Å². The van der Waals surface area contributed by atoms with Gasteiger partial charge in [0.05, 0.1) is 71.4 Å². The highest BCUT2D eigenvalue weighted by atomic mass is 19.2. The normalized spacial score (nSPS) is 17.1. The topological polar surface area (TPSA) is 264 Å². The average Bonchev–Trinajstić information content (AvgIpc) is 1.72. The van der Waals surface area contributed by atoms with Gasteiger partial charge in [0.2, 0.25) is 0 Å². The van der Waals surface area contributed by atoms with Crippen LogP contribution in [0.1, 0.15) is 185 Å². The lowest BCUT2D eigenvalue weighted by Gasteiger charge is -2.37. The first-order valence-corrected chi connectivity index (χ1v) is 45.3. The molecule has 0 unspecified atom stereocenters. The summed E-state index contributed by atoms with van der Waals surface area (Å²) in [4.78, 5) is 55.5. The molecule has 8 aliphatic heterocycles. The van der Waals surface area contributed by atoms with Gasteiger partial charge in [-0.15, -0.1) is 0 Å². The molecular formula is C105H119F5N4O19. The van der Waals surface area contributed by atoms with E-state index in [0.717, 1.165) is 203 Å². The maximum atomic E-state index is 14.9. The van der Waals surface area contributed by atoms with Crippen molar-refractivity contribution in [3.05, 3.63) is 239 Å². The quantitative estimate of drug-likeness (QED) is 0.0487. The number of piperidine rings is 4. The van der Waals surface area contributed by atoms with Gasteiger partial charge in [-0.2, -0.15) is 0 Å². The van der Waals surface area contributed by atoms with Crippen LogP contribution in [0.3, 0.4) is 0 Å². The molecule has 0 bridgehead atoms. The van der Waals surface area contributed by atoms with E-state index in [0.29, 0.717) is 119 Å². The molecule has 17 rings (SSSR count). The number of carbonyl (C=O) groups is 4. The predicted octanol–water partition coefficient (Wildman–Crippen LogP) is 19.6. The maximum absolute atomic E-state index is 14.9. The van der Waals surface area contributed by atoms with E-state index in [1.54, 1.807) is 86.5 Å². The van der Waals surface area contributed by atoms with Crippen molar-refractivity contribution in [3.63, 3.8) is 0 Å². The number of hydrogen-bond acceptors (Lipinski definition) is 19. The highest BCUT2D eigenvalue weighted by Gasteiger charge is 2.51. The maximum Gasteiger partial charge on any atom is 0.310 e. The predicted molar refractivity (Wildman–Crippen MR) is 494 cm³/mol. The van der Waals surface area contributed by atoms with E-state index in [1.807, 2.05) is 86.6 Å². The second-order valence-electron chi connectivity index (χ2n) is 36.7. The molecule has 4 N–H and O–H groups in total. The zero-order valence-corrected chi connectivity index (χ0v) is 77.9. The summed E-state index contributed by atoms with van der Waals surface area (Å²) in [6, 6.07) is 34.9. The first-order chi connectivity index (χ1) is 63.7. The minimum Gasteiger partial charge on any atom is -0.497 e. The fourth-order valence-corrected chi connectivity index (χ4v) is 19.3. The summed E-state index contributed by atoms with van der Waals surface area (Å²) in [7, 11) is 10.8. The third-order valence-corrected chi connectivity index (χ3v) is 27.5. The Labute approximate surface area is 773 Å². The summed E-state index contributed by atoms with van der Waals surface area (Å²) >= 11 is 0. The number of benzene rings is 8. The number of nitrogens with zero attached hydrogens (tertiary/aromatic N) is 4. The van der Waals surface area contributed by atoms with Crippen molar-refractivity contribution in [3.8, 4) is 63.2 Å². The molecule has 708 valence electrons. The summed E-state index contributed by atoms with van der Waals surface area (Å²) in [5.41, 5.74) is 15.6. The second-order valence-corrected chi connectivity index (χ2v) is 36.7. The number of methoxy groups -OCH3 is 7. The lowest BCUT2D eigenvalue weighted by Crippen LogP contribution is -2.44. The molecule has 9 aliphatic rings. The Morgan fingerprint density at radius 1 is 0.338 bits per heavy atom. The van der Waals surface area contributed by atoms with E-state index in [2.05, 4.69) is 19.6 Å². The number of hydrogen-bond donors (Lipinski definition) is 4. The van der Waals surface area contributed by atoms with Gasteiger partial charge in [-0.25, -0.2) is 22.0 Å². The lowest BCUT2D eigenvalue weighted by atomic mass is 9.81. The zero-order chi connectivity index (χ0) is 95.1. The van der Waals surface area contributed by atoms with Crippen molar-refractivity contribution < 1.29 is 114 Å². The van der Waals surface area contributed by atoms with Crippen LogP contribution < -0.4 is 52.1 Å². The molecule has 8 heterocycles. The standard InChI is InChI=1S/C28H34FNO5.C26H28FNO5.C26H30FNO5.C25H27F2NO4/c1-5-28(6-2,27(31)32)17-30-11-9-18(10-12-30)26-21-15-23(29)25(34-4)13-19(21)16-35-24-8-7-20(33-3)14-22(24)26;1-31-18-3-4-22-20(12-18)24(19-13-21(27)23(32-2)11-17(19)14-33-22)16-5-9-28(10-6-16)15-26(7-8-26)25(29)30;1-26(2,25(29)30)15-28-9-7-16(8-10-28)24-19-13-21(27)23(32-4)11-17(19)14-33-22-6-5-18(31-3)12-20(22)24;1-25(2,24(29)30)14-28-8-6-15(7-9-28)23-18-5-4-17(31-3)10-16(18)13-32-22-12-21(27)20(26)11-19(22)23/h7-8,13-15H,5-6,9-12,16-17H2,1-4H3,(H,31,32);3-4,11-13H,5-10,14-15H2,1-2H3,(H,29,30);5-6,11-13H,7-10,14-15H2,1-4H3,(H,29,30);4-5,10-12H,6-9,13-14H2,1-3H3,(H,29,30). The Kier molecular flexibility index (Phi) is 30.0. The molecule has 8 aromatic rings. The van der Waals surface area contributed by atoms with Gasteiger partial charge in [0.15, 0.2) is 46.3 Å². The van der Waals surface area contributed by atoms with Crippen LogP contribution in [0.5, 0.6) is 63.2 Å². The molecule has 0 amide bonds. The molecule has 8 aromatic carbocycles. The number of fused-ring (bicyclic) bond motifs is 8. The van der Waals surface area contributed by atoms with Crippen LogP contribution in [0.2, 0.25) is 0 Å². The molecule has 0 radical (unpaired) electrons. The third-order valence-electron chi connectivity index (χ3n) is 27.5. The zero-order valence-electron chi connectivity index (χ0n) is 77.9. The SMILES string of the molecule is CCC(CC)(CN1CCC(=C2c3cc(F)c(OC)cc3COc3ccc(OC)cc32)CC1)C(=O)O.COc1ccc2c(c1)C(=C1CCN(CC(C)(C)C(=O)O)CC1)c1cc(F)c(OC)cc1CO2.COc1ccc2c(c1)C(=C1CCN(CC3(C(=O)O)CC3)CC1)c1cc(F)c(OC)cc1CO2.COc1ccc2c(c1)COc1cc(F)c(F)cc1C2=C1CCN(CC(C)(C)C(=O)O)CC1. The van der Waals surface area contributed by atoms with E-state index in [4.69, 9.17) is 52.1 Å². The van der Waals surface area contributed by atoms with Crippen LogP contribution in [0.15, 0.2) is 144 Å². The molecule has 0 aromatic heterocycles. The Morgan fingerprint density at radius 2 is 0.632 bits per heavy atom. The first kappa shape index (κ1) is 96.9. The lowest BCUT2D eigenvalue weighted by molar-refractivity contribution is -0.151. The molecular weight excluding hydrogens is 1720 g/mol. The van der Waals surface area contributed by atoms with E-state index < -0.39 is 74.6 Å². The van der Waals surface area contributed by atoms with Gasteiger partial charge < -0.3 is 92.1 Å². The van der Waals surface area contributed by atoms with Crippen LogP contribution in [-0.4, -0.2) is 192 Å². The van der Waals surface area contributed by atoms with Gasteiger partial charge in [-0.05, 0) is 258 Å². The number of carboxylic acid groups (broad SMARTS) is 4. The van der Waals surface area contributed by atoms with Crippen molar-refractivity contribution in [1.82, 2.24) is 19.6 Å². The fraction of sp³-hybridized carbons (Fsp3) is 0.429. The van der Waals surface area contributed by atoms with Crippen molar-refractivity contribution in [1.29, 1.82) is 0 Å². The molecule has 0 spiro atoms. The molecule has 0 atom stereocenters. The third kappa shape index (κ3) is 21.1. The van der Waals surface area contributed by atoms with Crippen LogP contribution in [0, 0.1) is 50.7 Å². The Morgan fingerprint density at radius 3 is 0.947 bits per heavy atom. The first-order valence-electron chi connectivity index (χ1n) is 45.3. The van der Waals surface area contributed by atoms with Gasteiger partial charge >= 0.3 is 23.9 Å². The fourth-order valence-electron chi connectivity index (χ4n) is 19.3. The Balaban J connectivity index is 0.000000143. The second kappa shape index (κ2) is 41.2. The van der Waals surface area contributed by atoms with Gasteiger partial charge in [-0.1, -0.05) is 42.2 Å². The van der Waals surface area contributed by atoms with Gasteiger partial charge in [0, 0.05) is 129 Å². The number of halogens is 5. The van der Waals surface area contributed by atoms with E-state index in [9.17, 15) is 61.6 Å². The average molecular weight is 1840 g/mol. The largest absolute Gasteiger partial charge is 0.497 e. The number of carboxylic acids is 4. The highest BCUT2D eigenvalue weighted by Crippen LogP contribution is 2.52. The van der Waals surface area contributed by atoms with Crippen LogP contribution >= 0.6 is 0 Å². The Bertz CT molecular complexity index is 5690. The molecule has 1 aliphatic carbocycles. The number of aliphatic carboxylic acids is 4. The molecule has 133 heavy (non-hydrogen) atoms. The molecule has 28 heteroatoms. The summed E-state index contributed by atoms with van der Waals surface area (Å²) in [5.74, 6) is -0.237. The minimum absolute atomic E-state index is 0.191. The molecule has 1 saturated carbocycles. The smallest absolute Gasteiger partial charge is 0.310 e. The molecule has 4 saturated heterocycles. The highest BCUT2D eigenvalue weighted by molar-refractivity contribution is 5.92. The van der Waals surface area contributed by atoms with Crippen LogP contribution in [0.25, 0.3) is 22.3 Å². The summed E-state index contributed by atoms with van der Waals surface area (Å²) in [6.07, 6.45) is 8.74. The molecule has 5 fully saturated rings. The van der Waals surface area contributed by atoms with Crippen LogP contribution in [0.4, 0.5) is 22.0 Å². The van der Waals surface area contributed by atoms with Crippen molar-refractivity contribution in [2.45, 2.75) is 145 Å². The van der Waals surface area contributed by atoms with Gasteiger partial charge in [-0.3, -0.25) is 19.2 Å². The van der Waals surface area contributed by atoms with Gasteiger partial charge in [0.1, 0.15) is 72.4 Å². The Hall–Kier alpha value is -12.1. The summed E-state index contributed by atoms with van der Waals surface area (Å²) < 4.78 is 134. The van der Waals surface area contributed by atoms with E-state index >= 15 is 0 Å².